The van der Waals surface area contributed by atoms with E-state index in [1.165, 1.54) is 14.0 Å². The van der Waals surface area contributed by atoms with Gasteiger partial charge in [0, 0.05) is 18.7 Å². The van der Waals surface area contributed by atoms with Crippen LogP contribution in [0.2, 0.25) is 0 Å². The fourth-order valence-electron chi connectivity index (χ4n) is 2.42. The van der Waals surface area contributed by atoms with Crippen molar-refractivity contribution >= 4 is 5.78 Å². The summed E-state index contributed by atoms with van der Waals surface area (Å²) in [4.78, 5) is 11.4. The Kier molecular flexibility index (Phi) is 7.44. The van der Waals surface area contributed by atoms with E-state index in [9.17, 15) is 9.90 Å². The number of hydrogen-bond acceptors (Lipinski definition) is 6. The standard InChI is InChI=1S/C20H25NO5/c1-14(22)16-7-8-19(20(10-16)25-3)26-13-17(23)12-21-11-15-5-4-6-18(9-15)24-2/h4-10,17,21,23H,11-13H2,1-3H3. The van der Waals surface area contributed by atoms with E-state index in [2.05, 4.69) is 5.32 Å². The Morgan fingerprint density at radius 3 is 2.62 bits per heavy atom. The number of carbonyl (C=O) groups excluding carboxylic acids is 1. The predicted octanol–water partition coefficient (Wildman–Crippen LogP) is 2.44. The number of hydrogen-bond donors (Lipinski definition) is 2. The number of ether oxygens (including phenoxy) is 3. The van der Waals surface area contributed by atoms with Crippen LogP contribution in [0.1, 0.15) is 22.8 Å². The molecule has 0 saturated heterocycles. The van der Waals surface area contributed by atoms with Gasteiger partial charge in [-0.3, -0.25) is 4.79 Å². The fraction of sp³-hybridized carbons (Fsp3) is 0.350. The van der Waals surface area contributed by atoms with Gasteiger partial charge in [-0.15, -0.1) is 0 Å². The molecular formula is C20H25NO5. The molecule has 1 atom stereocenters. The molecule has 140 valence electrons. The molecule has 0 aliphatic rings. The molecular weight excluding hydrogens is 334 g/mol. The van der Waals surface area contributed by atoms with Gasteiger partial charge >= 0.3 is 0 Å². The molecule has 6 heteroatoms. The molecule has 1 unspecified atom stereocenters. The van der Waals surface area contributed by atoms with Crippen molar-refractivity contribution in [1.82, 2.24) is 5.32 Å². The van der Waals surface area contributed by atoms with Gasteiger partial charge in [-0.1, -0.05) is 12.1 Å². The van der Waals surface area contributed by atoms with E-state index < -0.39 is 6.10 Å². The summed E-state index contributed by atoms with van der Waals surface area (Å²) in [6.45, 7) is 2.60. The first-order valence-corrected chi connectivity index (χ1v) is 8.37. The number of ketones is 1. The molecule has 0 fully saturated rings. The Balaban J connectivity index is 1.81. The van der Waals surface area contributed by atoms with Gasteiger partial charge in [-0.25, -0.2) is 0 Å². The number of carbonyl (C=O) groups is 1. The minimum atomic E-state index is -0.683. The number of Topliss-reactive ketones (excluding diaryl/α,β-unsaturated/α-hetero) is 1. The van der Waals surface area contributed by atoms with Crippen molar-refractivity contribution in [2.45, 2.75) is 19.6 Å². The zero-order chi connectivity index (χ0) is 18.9. The van der Waals surface area contributed by atoms with Crippen LogP contribution in [0.3, 0.4) is 0 Å². The Bertz CT molecular complexity index is 732. The highest BCUT2D eigenvalue weighted by atomic mass is 16.5. The van der Waals surface area contributed by atoms with E-state index in [1.807, 2.05) is 24.3 Å². The second kappa shape index (κ2) is 9.79. The highest BCUT2D eigenvalue weighted by Gasteiger charge is 2.11. The van der Waals surface area contributed by atoms with Gasteiger partial charge in [-0.2, -0.15) is 0 Å². The van der Waals surface area contributed by atoms with Gasteiger partial charge in [0.2, 0.25) is 0 Å². The number of rotatable bonds is 10. The van der Waals surface area contributed by atoms with Gasteiger partial charge in [0.05, 0.1) is 14.2 Å². The minimum Gasteiger partial charge on any atom is -0.497 e. The highest BCUT2D eigenvalue weighted by Crippen LogP contribution is 2.28. The maximum Gasteiger partial charge on any atom is 0.161 e. The van der Waals surface area contributed by atoms with E-state index in [4.69, 9.17) is 14.2 Å². The second-order valence-corrected chi connectivity index (χ2v) is 5.87. The summed E-state index contributed by atoms with van der Waals surface area (Å²) < 4.78 is 16.0. The zero-order valence-electron chi connectivity index (χ0n) is 15.3. The molecule has 26 heavy (non-hydrogen) atoms. The number of aliphatic hydroxyl groups excluding tert-OH is 1. The van der Waals surface area contributed by atoms with Crippen molar-refractivity contribution in [3.63, 3.8) is 0 Å². The first-order valence-electron chi connectivity index (χ1n) is 8.37. The van der Waals surface area contributed by atoms with Crippen LogP contribution in [0.4, 0.5) is 0 Å². The van der Waals surface area contributed by atoms with E-state index in [0.29, 0.717) is 30.2 Å². The quantitative estimate of drug-likeness (QED) is 0.635. The van der Waals surface area contributed by atoms with E-state index in [-0.39, 0.29) is 12.4 Å². The topological polar surface area (TPSA) is 77.0 Å². The van der Waals surface area contributed by atoms with Crippen molar-refractivity contribution in [3.05, 3.63) is 53.6 Å². The summed E-state index contributed by atoms with van der Waals surface area (Å²) in [5, 5.41) is 13.3. The summed E-state index contributed by atoms with van der Waals surface area (Å²) >= 11 is 0. The lowest BCUT2D eigenvalue weighted by Crippen LogP contribution is -2.31. The SMILES string of the molecule is COc1cccc(CNCC(O)COc2ccc(C(C)=O)cc2OC)c1. The van der Waals surface area contributed by atoms with Crippen LogP contribution in [-0.2, 0) is 6.54 Å². The van der Waals surface area contributed by atoms with Crippen LogP contribution in [0.5, 0.6) is 17.2 Å². The molecule has 2 aromatic carbocycles. The molecule has 0 amide bonds. The molecule has 0 radical (unpaired) electrons. The van der Waals surface area contributed by atoms with Gasteiger partial charge in [0.1, 0.15) is 18.5 Å². The zero-order valence-corrected chi connectivity index (χ0v) is 15.3. The minimum absolute atomic E-state index is 0.0448. The summed E-state index contributed by atoms with van der Waals surface area (Å²) in [7, 11) is 3.14. The Morgan fingerprint density at radius 1 is 1.12 bits per heavy atom. The molecule has 6 nitrogen and oxygen atoms in total. The summed E-state index contributed by atoms with van der Waals surface area (Å²) in [5.41, 5.74) is 1.62. The van der Waals surface area contributed by atoms with Crippen LogP contribution in [0, 0.1) is 0 Å². The molecule has 0 aromatic heterocycles. The first kappa shape index (κ1) is 19.8. The molecule has 0 aliphatic heterocycles. The van der Waals surface area contributed by atoms with Crippen LogP contribution < -0.4 is 19.5 Å². The van der Waals surface area contributed by atoms with Gasteiger partial charge < -0.3 is 24.6 Å². The van der Waals surface area contributed by atoms with Gasteiger partial charge in [0.25, 0.3) is 0 Å². The highest BCUT2D eigenvalue weighted by molar-refractivity contribution is 5.94. The van der Waals surface area contributed by atoms with Crippen molar-refractivity contribution < 1.29 is 24.1 Å². The van der Waals surface area contributed by atoms with Gasteiger partial charge in [0.15, 0.2) is 17.3 Å². The predicted molar refractivity (Wildman–Crippen MR) is 99.2 cm³/mol. The van der Waals surface area contributed by atoms with Crippen LogP contribution in [-0.4, -0.2) is 44.4 Å². The molecule has 2 N–H and O–H groups in total. The lowest BCUT2D eigenvalue weighted by Gasteiger charge is -2.15. The second-order valence-electron chi connectivity index (χ2n) is 5.87. The fourth-order valence-corrected chi connectivity index (χ4v) is 2.42. The number of nitrogens with one attached hydrogen (secondary N) is 1. The first-order chi connectivity index (χ1) is 12.5. The number of benzene rings is 2. The lowest BCUT2D eigenvalue weighted by molar-refractivity contribution is 0.101. The third kappa shape index (κ3) is 5.75. The molecule has 0 saturated carbocycles. The summed E-state index contributed by atoms with van der Waals surface area (Å²) in [6, 6.07) is 12.7. The van der Waals surface area contributed by atoms with Crippen molar-refractivity contribution in [1.29, 1.82) is 0 Å². The Labute approximate surface area is 153 Å². The average Bonchev–Trinajstić information content (AvgIpc) is 2.66. The van der Waals surface area contributed by atoms with E-state index >= 15 is 0 Å². The van der Waals surface area contributed by atoms with Crippen LogP contribution in [0.15, 0.2) is 42.5 Å². The number of methoxy groups -OCH3 is 2. The maximum absolute atomic E-state index is 11.4. The molecule has 0 bridgehead atoms. The Morgan fingerprint density at radius 2 is 1.92 bits per heavy atom. The molecule has 0 aliphatic carbocycles. The maximum atomic E-state index is 11.4. The Hall–Kier alpha value is -2.57. The molecule has 2 aromatic rings. The smallest absolute Gasteiger partial charge is 0.161 e. The van der Waals surface area contributed by atoms with E-state index in [0.717, 1.165) is 11.3 Å². The van der Waals surface area contributed by atoms with Crippen LogP contribution in [0.25, 0.3) is 0 Å². The summed E-state index contributed by atoms with van der Waals surface area (Å²) in [6.07, 6.45) is -0.683. The molecule has 0 spiro atoms. The molecule has 0 heterocycles. The van der Waals surface area contributed by atoms with Crippen LogP contribution >= 0.6 is 0 Å². The van der Waals surface area contributed by atoms with E-state index in [1.54, 1.807) is 25.3 Å². The third-order valence-electron chi connectivity index (χ3n) is 3.84. The largest absolute Gasteiger partial charge is 0.497 e. The summed E-state index contributed by atoms with van der Waals surface area (Å²) in [5.74, 6) is 1.71. The average molecular weight is 359 g/mol. The monoisotopic (exact) mass is 359 g/mol. The normalized spacial score (nSPS) is 11.7. The van der Waals surface area contributed by atoms with Crippen molar-refractivity contribution in [2.75, 3.05) is 27.4 Å². The third-order valence-corrected chi connectivity index (χ3v) is 3.84. The van der Waals surface area contributed by atoms with Crippen molar-refractivity contribution in [2.24, 2.45) is 0 Å². The van der Waals surface area contributed by atoms with Crippen molar-refractivity contribution in [3.8, 4) is 17.2 Å². The van der Waals surface area contributed by atoms with Gasteiger partial charge in [-0.05, 0) is 42.8 Å². The number of aliphatic hydroxyl groups is 1. The lowest BCUT2D eigenvalue weighted by atomic mass is 10.1. The molecule has 2 rings (SSSR count).